The second kappa shape index (κ2) is 10.8. The topological polar surface area (TPSA) is 115 Å². The number of benzene rings is 2. The lowest BCUT2D eigenvalue weighted by Crippen LogP contribution is -2.35. The summed E-state index contributed by atoms with van der Waals surface area (Å²) in [6, 6.07) is 14.2. The highest BCUT2D eigenvalue weighted by Crippen LogP contribution is 2.31. The summed E-state index contributed by atoms with van der Waals surface area (Å²) in [6.45, 7) is 0.980. The van der Waals surface area contributed by atoms with Gasteiger partial charge in [-0.05, 0) is 37.5 Å². The average Bonchev–Trinajstić information content (AvgIpc) is 3.34. The molecule has 1 fully saturated rings. The van der Waals surface area contributed by atoms with Gasteiger partial charge in [-0.2, -0.15) is 9.29 Å². The summed E-state index contributed by atoms with van der Waals surface area (Å²) in [5, 5.41) is 6.76. The fourth-order valence-corrected chi connectivity index (χ4v) is 5.58. The fourth-order valence-electron chi connectivity index (χ4n) is 3.88. The van der Waals surface area contributed by atoms with Crippen molar-refractivity contribution >= 4 is 21.6 Å². The Labute approximate surface area is 199 Å². The Morgan fingerprint density at radius 3 is 2.62 bits per heavy atom. The molecule has 34 heavy (non-hydrogen) atoms. The first-order chi connectivity index (χ1) is 16.5. The van der Waals surface area contributed by atoms with E-state index in [9.17, 15) is 13.2 Å². The van der Waals surface area contributed by atoms with E-state index >= 15 is 0 Å². The second-order valence-corrected chi connectivity index (χ2v) is 10.0. The molecule has 4 rings (SSSR count). The molecule has 0 radical (unpaired) electrons. The largest absolute Gasteiger partial charge is 0.495 e. The summed E-state index contributed by atoms with van der Waals surface area (Å²) >= 11 is 0. The first-order valence-electron chi connectivity index (χ1n) is 11.3. The number of aryl methyl sites for hydroxylation is 1. The Kier molecular flexibility index (Phi) is 7.59. The van der Waals surface area contributed by atoms with Crippen LogP contribution in [0.3, 0.4) is 0 Å². The zero-order chi connectivity index (χ0) is 24.0. The highest BCUT2D eigenvalue weighted by molar-refractivity contribution is 7.89. The van der Waals surface area contributed by atoms with Crippen LogP contribution in [0.25, 0.3) is 11.4 Å². The van der Waals surface area contributed by atoms with Crippen molar-refractivity contribution in [2.45, 2.75) is 43.4 Å². The summed E-state index contributed by atoms with van der Waals surface area (Å²) in [7, 11) is -2.27. The molecule has 10 heteroatoms. The van der Waals surface area contributed by atoms with E-state index < -0.39 is 10.0 Å². The number of carbonyl (C=O) groups excluding carboxylic acids is 1. The lowest BCUT2D eigenvalue weighted by atomic mass is 10.2. The molecule has 1 aromatic heterocycles. The lowest BCUT2D eigenvalue weighted by Gasteiger charge is -2.26. The smallest absolute Gasteiger partial charge is 0.246 e. The van der Waals surface area contributed by atoms with Crippen molar-refractivity contribution in [3.63, 3.8) is 0 Å². The number of rotatable bonds is 9. The molecule has 1 amide bonds. The third-order valence-electron chi connectivity index (χ3n) is 5.67. The van der Waals surface area contributed by atoms with Gasteiger partial charge in [-0.1, -0.05) is 41.9 Å². The van der Waals surface area contributed by atoms with Gasteiger partial charge in [0.15, 0.2) is 0 Å². The Balaban J connectivity index is 1.36. The van der Waals surface area contributed by atoms with Crippen molar-refractivity contribution in [3.8, 4) is 17.1 Å². The molecule has 1 aliphatic heterocycles. The number of piperidine rings is 1. The minimum Gasteiger partial charge on any atom is -0.495 e. The number of sulfonamides is 1. The first kappa shape index (κ1) is 23.9. The normalized spacial score (nSPS) is 14.6. The zero-order valence-corrected chi connectivity index (χ0v) is 19.9. The number of methoxy groups -OCH3 is 1. The molecule has 1 aliphatic rings. The Bertz CT molecular complexity index is 1220. The number of aromatic nitrogens is 2. The van der Waals surface area contributed by atoms with Crippen LogP contribution in [0.5, 0.6) is 5.75 Å². The van der Waals surface area contributed by atoms with Gasteiger partial charge in [0.25, 0.3) is 0 Å². The van der Waals surface area contributed by atoms with Crippen LogP contribution in [0, 0.1) is 0 Å². The average molecular weight is 485 g/mol. The van der Waals surface area contributed by atoms with Crippen LogP contribution in [-0.4, -0.2) is 49.0 Å². The summed E-state index contributed by atoms with van der Waals surface area (Å²) in [5.74, 6) is 1.01. The van der Waals surface area contributed by atoms with Gasteiger partial charge < -0.3 is 14.6 Å². The molecule has 1 N–H and O–H groups in total. The SMILES string of the molecule is COc1ccc(NC(=O)CCCc2nc(-c3ccccc3)no2)cc1S(=O)(=O)N1CCCCC1. The molecule has 180 valence electrons. The maximum absolute atomic E-state index is 13.1. The number of ether oxygens (including phenoxy) is 1. The van der Waals surface area contributed by atoms with Crippen molar-refractivity contribution in [2.75, 3.05) is 25.5 Å². The third-order valence-corrected chi connectivity index (χ3v) is 7.59. The van der Waals surface area contributed by atoms with Crippen molar-refractivity contribution < 1.29 is 22.5 Å². The maximum Gasteiger partial charge on any atom is 0.246 e. The summed E-state index contributed by atoms with van der Waals surface area (Å²) < 4.78 is 38.3. The van der Waals surface area contributed by atoms with Crippen LogP contribution < -0.4 is 10.1 Å². The first-order valence-corrected chi connectivity index (χ1v) is 12.8. The molecule has 2 heterocycles. The summed E-state index contributed by atoms with van der Waals surface area (Å²) in [5.41, 5.74) is 1.27. The maximum atomic E-state index is 13.1. The quantitative estimate of drug-likeness (QED) is 0.490. The molecule has 0 saturated carbocycles. The van der Waals surface area contributed by atoms with Gasteiger partial charge in [-0.3, -0.25) is 4.79 Å². The highest BCUT2D eigenvalue weighted by atomic mass is 32.2. The molecule has 0 bridgehead atoms. The lowest BCUT2D eigenvalue weighted by molar-refractivity contribution is -0.116. The van der Waals surface area contributed by atoms with Crippen LogP contribution >= 0.6 is 0 Å². The van der Waals surface area contributed by atoms with Crippen LogP contribution in [0.1, 0.15) is 38.0 Å². The molecule has 0 aliphatic carbocycles. The number of nitrogens with zero attached hydrogens (tertiary/aromatic N) is 3. The van der Waals surface area contributed by atoms with E-state index in [4.69, 9.17) is 9.26 Å². The predicted molar refractivity (Wildman–Crippen MR) is 127 cm³/mol. The van der Waals surface area contributed by atoms with Crippen molar-refractivity contribution in [1.82, 2.24) is 14.4 Å². The van der Waals surface area contributed by atoms with E-state index in [2.05, 4.69) is 15.5 Å². The van der Waals surface area contributed by atoms with E-state index in [1.807, 2.05) is 30.3 Å². The van der Waals surface area contributed by atoms with Gasteiger partial charge in [0, 0.05) is 37.2 Å². The molecule has 3 aromatic rings. The van der Waals surface area contributed by atoms with Crippen LogP contribution in [0.4, 0.5) is 5.69 Å². The Hall–Kier alpha value is -3.24. The van der Waals surface area contributed by atoms with Gasteiger partial charge in [-0.25, -0.2) is 8.42 Å². The molecular weight excluding hydrogens is 456 g/mol. The van der Waals surface area contributed by atoms with E-state index in [-0.39, 0.29) is 23.0 Å². The van der Waals surface area contributed by atoms with Gasteiger partial charge in [0.05, 0.1) is 7.11 Å². The molecule has 1 saturated heterocycles. The number of hydrogen-bond acceptors (Lipinski definition) is 7. The fraction of sp³-hybridized carbons (Fsp3) is 0.375. The van der Waals surface area contributed by atoms with Gasteiger partial charge in [0.2, 0.25) is 27.6 Å². The van der Waals surface area contributed by atoms with Crippen molar-refractivity contribution in [2.24, 2.45) is 0 Å². The van der Waals surface area contributed by atoms with E-state index in [0.29, 0.717) is 43.3 Å². The number of amides is 1. The minimum absolute atomic E-state index is 0.0639. The summed E-state index contributed by atoms with van der Waals surface area (Å²) in [4.78, 5) is 16.9. The molecule has 0 unspecified atom stereocenters. The van der Waals surface area contributed by atoms with Crippen molar-refractivity contribution in [1.29, 1.82) is 0 Å². The van der Waals surface area contributed by atoms with Gasteiger partial charge in [0.1, 0.15) is 10.6 Å². The van der Waals surface area contributed by atoms with E-state index in [1.54, 1.807) is 12.1 Å². The molecule has 0 spiro atoms. The Morgan fingerprint density at radius 2 is 1.88 bits per heavy atom. The summed E-state index contributed by atoms with van der Waals surface area (Å²) in [6.07, 6.45) is 3.90. The second-order valence-electron chi connectivity index (χ2n) is 8.11. The zero-order valence-electron chi connectivity index (χ0n) is 19.1. The molecular formula is C24H28N4O5S. The van der Waals surface area contributed by atoms with Crippen LogP contribution in [-0.2, 0) is 21.2 Å². The molecule has 2 aromatic carbocycles. The standard InChI is InChI=1S/C24H28N4O5S/c1-32-20-14-13-19(17-21(20)34(30,31)28-15-6-3-7-16-28)25-22(29)11-8-12-23-26-24(27-33-23)18-9-4-2-5-10-18/h2,4-5,9-10,13-14,17H,3,6-8,11-12,15-16H2,1H3,(H,25,29). The van der Waals surface area contributed by atoms with Crippen molar-refractivity contribution in [3.05, 3.63) is 54.4 Å². The number of carbonyl (C=O) groups is 1. The van der Waals surface area contributed by atoms with E-state index in [1.165, 1.54) is 17.5 Å². The minimum atomic E-state index is -3.71. The monoisotopic (exact) mass is 484 g/mol. The number of nitrogens with one attached hydrogen (secondary N) is 1. The molecule has 0 atom stereocenters. The van der Waals surface area contributed by atoms with Gasteiger partial charge in [-0.15, -0.1) is 0 Å². The number of anilines is 1. The molecule has 9 nitrogen and oxygen atoms in total. The number of hydrogen-bond donors (Lipinski definition) is 1. The Morgan fingerprint density at radius 1 is 1.12 bits per heavy atom. The van der Waals surface area contributed by atoms with Crippen LogP contribution in [0.2, 0.25) is 0 Å². The van der Waals surface area contributed by atoms with Gasteiger partial charge >= 0.3 is 0 Å². The predicted octanol–water partition coefficient (Wildman–Crippen LogP) is 3.88. The third kappa shape index (κ3) is 5.63. The van der Waals surface area contributed by atoms with Crippen LogP contribution in [0.15, 0.2) is 57.9 Å². The highest BCUT2D eigenvalue weighted by Gasteiger charge is 2.29. The van der Waals surface area contributed by atoms with E-state index in [0.717, 1.165) is 24.8 Å².